The van der Waals surface area contributed by atoms with E-state index in [9.17, 15) is 8.42 Å². The van der Waals surface area contributed by atoms with E-state index in [1.54, 1.807) is 12.1 Å². The number of hydrogen-bond donors (Lipinski definition) is 2. The van der Waals surface area contributed by atoms with Crippen LogP contribution in [0.1, 0.15) is 5.56 Å². The number of hydrazine groups is 1. The molecule has 0 saturated carbocycles. The molecule has 1 aromatic heterocycles. The van der Waals surface area contributed by atoms with E-state index in [0.717, 1.165) is 5.56 Å². The van der Waals surface area contributed by atoms with Crippen molar-refractivity contribution in [1.29, 1.82) is 0 Å². The van der Waals surface area contributed by atoms with Crippen LogP contribution in [0.3, 0.4) is 0 Å². The van der Waals surface area contributed by atoms with Crippen molar-refractivity contribution < 1.29 is 8.42 Å². The summed E-state index contributed by atoms with van der Waals surface area (Å²) in [6, 6.07) is 12.5. The topological polar surface area (TPSA) is 88.3 Å². The molecule has 0 unspecified atom stereocenters. The number of nitrogens with two attached hydrogens (primary N) is 1. The van der Waals surface area contributed by atoms with Gasteiger partial charge in [-0.3, -0.25) is 5.84 Å². The average molecular weight is 292 g/mol. The molecular weight excluding hydrogens is 276 g/mol. The van der Waals surface area contributed by atoms with Crippen molar-refractivity contribution in [1.82, 2.24) is 9.29 Å². The van der Waals surface area contributed by atoms with E-state index >= 15 is 0 Å². The molecular formula is C13H16N4O2S. The molecule has 0 amide bonds. The average Bonchev–Trinajstić information content (AvgIpc) is 2.48. The number of benzene rings is 1. The molecule has 6 nitrogen and oxygen atoms in total. The van der Waals surface area contributed by atoms with Crippen molar-refractivity contribution in [2.24, 2.45) is 5.84 Å². The zero-order chi connectivity index (χ0) is 14.6. The number of sulfonamides is 1. The fourth-order valence-corrected chi connectivity index (χ4v) is 2.99. The molecule has 20 heavy (non-hydrogen) atoms. The third-order valence-corrected chi connectivity index (χ3v) is 4.59. The third kappa shape index (κ3) is 2.96. The number of nitrogens with zero attached hydrogens (tertiary/aromatic N) is 2. The minimum Gasteiger partial charge on any atom is -0.321 e. The van der Waals surface area contributed by atoms with Gasteiger partial charge in [0.25, 0.3) is 10.0 Å². The monoisotopic (exact) mass is 292 g/mol. The van der Waals surface area contributed by atoms with Crippen molar-refractivity contribution in [3.8, 4) is 0 Å². The lowest BCUT2D eigenvalue weighted by Gasteiger charge is -2.18. The van der Waals surface area contributed by atoms with Crippen LogP contribution in [0.5, 0.6) is 0 Å². The Kier molecular flexibility index (Phi) is 4.33. The second-order valence-electron chi connectivity index (χ2n) is 4.25. The molecule has 7 heteroatoms. The van der Waals surface area contributed by atoms with Gasteiger partial charge in [0.05, 0.1) is 5.69 Å². The predicted molar refractivity (Wildman–Crippen MR) is 77.1 cm³/mol. The molecule has 1 heterocycles. The van der Waals surface area contributed by atoms with Crippen LogP contribution in [0.2, 0.25) is 0 Å². The van der Waals surface area contributed by atoms with Crippen LogP contribution < -0.4 is 11.3 Å². The molecule has 0 aliphatic carbocycles. The maximum atomic E-state index is 12.5. The van der Waals surface area contributed by atoms with Gasteiger partial charge in [-0.2, -0.15) is 4.31 Å². The van der Waals surface area contributed by atoms with Crippen molar-refractivity contribution >= 4 is 15.7 Å². The second-order valence-corrected chi connectivity index (χ2v) is 6.21. The fraction of sp³-hybridized carbons (Fsp3) is 0.154. The maximum Gasteiger partial charge on any atom is 0.262 e. The summed E-state index contributed by atoms with van der Waals surface area (Å²) < 4.78 is 26.2. The SMILES string of the molecule is CN(Cc1ccccc1)S(=O)(=O)c1ncccc1NN. The van der Waals surface area contributed by atoms with E-state index in [2.05, 4.69) is 10.4 Å². The van der Waals surface area contributed by atoms with E-state index in [0.29, 0.717) is 0 Å². The first-order valence-corrected chi connectivity index (χ1v) is 7.41. The quantitative estimate of drug-likeness (QED) is 0.638. The molecule has 0 atom stereocenters. The van der Waals surface area contributed by atoms with E-state index in [-0.39, 0.29) is 17.3 Å². The summed E-state index contributed by atoms with van der Waals surface area (Å²) in [5, 5.41) is -0.0825. The number of aromatic nitrogens is 1. The molecule has 0 spiro atoms. The van der Waals surface area contributed by atoms with Crippen LogP contribution in [-0.4, -0.2) is 24.8 Å². The number of hydrogen-bond acceptors (Lipinski definition) is 5. The van der Waals surface area contributed by atoms with Crippen LogP contribution in [0.25, 0.3) is 0 Å². The first kappa shape index (κ1) is 14.4. The Morgan fingerprint density at radius 2 is 1.90 bits per heavy atom. The molecule has 2 aromatic rings. The highest BCUT2D eigenvalue weighted by atomic mass is 32.2. The zero-order valence-electron chi connectivity index (χ0n) is 11.0. The minimum atomic E-state index is -3.70. The van der Waals surface area contributed by atoms with Gasteiger partial charge in [-0.25, -0.2) is 13.4 Å². The summed E-state index contributed by atoms with van der Waals surface area (Å²) in [6.45, 7) is 0.268. The number of nitrogen functional groups attached to an aromatic ring is 1. The maximum absolute atomic E-state index is 12.5. The van der Waals surface area contributed by atoms with Gasteiger partial charge in [0.15, 0.2) is 5.03 Å². The highest BCUT2D eigenvalue weighted by Gasteiger charge is 2.25. The molecule has 0 radical (unpaired) electrons. The Morgan fingerprint density at radius 3 is 2.55 bits per heavy atom. The van der Waals surface area contributed by atoms with Gasteiger partial charge in [-0.05, 0) is 17.7 Å². The van der Waals surface area contributed by atoms with Gasteiger partial charge >= 0.3 is 0 Å². The number of nitrogens with one attached hydrogen (secondary N) is 1. The molecule has 0 saturated heterocycles. The highest BCUT2D eigenvalue weighted by molar-refractivity contribution is 7.89. The van der Waals surface area contributed by atoms with Crippen LogP contribution >= 0.6 is 0 Å². The largest absolute Gasteiger partial charge is 0.321 e. The summed E-state index contributed by atoms with van der Waals surface area (Å²) >= 11 is 0. The van der Waals surface area contributed by atoms with Gasteiger partial charge in [0.1, 0.15) is 0 Å². The van der Waals surface area contributed by atoms with Crippen molar-refractivity contribution in [3.63, 3.8) is 0 Å². The van der Waals surface area contributed by atoms with E-state index in [1.165, 1.54) is 17.5 Å². The Morgan fingerprint density at radius 1 is 1.20 bits per heavy atom. The summed E-state index contributed by atoms with van der Waals surface area (Å²) in [5.41, 5.74) is 3.52. The van der Waals surface area contributed by atoms with Gasteiger partial charge in [0.2, 0.25) is 0 Å². The standard InChI is InChI=1S/C13H16N4O2S/c1-17(10-11-6-3-2-4-7-11)20(18,19)13-12(16-14)8-5-9-15-13/h2-9,16H,10,14H2,1H3. The lowest BCUT2D eigenvalue weighted by Crippen LogP contribution is -2.28. The predicted octanol–water partition coefficient (Wildman–Crippen LogP) is 1.19. The summed E-state index contributed by atoms with van der Waals surface area (Å²) in [4.78, 5) is 3.91. The van der Waals surface area contributed by atoms with Gasteiger partial charge < -0.3 is 5.43 Å². The molecule has 106 valence electrons. The smallest absolute Gasteiger partial charge is 0.262 e. The lowest BCUT2D eigenvalue weighted by molar-refractivity contribution is 0.464. The molecule has 2 rings (SSSR count). The summed E-state index contributed by atoms with van der Waals surface area (Å²) in [7, 11) is -2.19. The summed E-state index contributed by atoms with van der Waals surface area (Å²) in [5.74, 6) is 5.33. The molecule has 0 aliphatic heterocycles. The normalized spacial score (nSPS) is 11.6. The van der Waals surface area contributed by atoms with Crippen molar-refractivity contribution in [2.75, 3.05) is 12.5 Å². The van der Waals surface area contributed by atoms with E-state index in [4.69, 9.17) is 5.84 Å². The summed E-state index contributed by atoms with van der Waals surface area (Å²) in [6.07, 6.45) is 1.42. The molecule has 0 bridgehead atoms. The zero-order valence-corrected chi connectivity index (χ0v) is 11.8. The van der Waals surface area contributed by atoms with Gasteiger partial charge in [-0.1, -0.05) is 30.3 Å². The Balaban J connectivity index is 2.30. The second kappa shape index (κ2) is 6.00. The number of rotatable bonds is 5. The number of anilines is 1. The molecule has 3 N–H and O–H groups in total. The molecule has 1 aromatic carbocycles. The van der Waals surface area contributed by atoms with Gasteiger partial charge in [0, 0.05) is 19.8 Å². The Hall–Kier alpha value is -1.96. The highest BCUT2D eigenvalue weighted by Crippen LogP contribution is 2.21. The first-order chi connectivity index (χ1) is 9.55. The van der Waals surface area contributed by atoms with E-state index < -0.39 is 10.0 Å². The molecule has 0 aliphatic rings. The van der Waals surface area contributed by atoms with Crippen molar-refractivity contribution in [2.45, 2.75) is 11.6 Å². The molecule has 0 fully saturated rings. The van der Waals surface area contributed by atoms with Crippen LogP contribution in [-0.2, 0) is 16.6 Å². The van der Waals surface area contributed by atoms with Crippen LogP contribution in [0, 0.1) is 0 Å². The Labute approximate surface area is 118 Å². The van der Waals surface area contributed by atoms with Crippen LogP contribution in [0.15, 0.2) is 53.7 Å². The van der Waals surface area contributed by atoms with Crippen LogP contribution in [0.4, 0.5) is 5.69 Å². The lowest BCUT2D eigenvalue weighted by atomic mass is 10.2. The van der Waals surface area contributed by atoms with Gasteiger partial charge in [-0.15, -0.1) is 0 Å². The third-order valence-electron chi connectivity index (χ3n) is 2.83. The van der Waals surface area contributed by atoms with Crippen molar-refractivity contribution in [3.05, 3.63) is 54.2 Å². The van der Waals surface area contributed by atoms with E-state index in [1.807, 2.05) is 30.3 Å². The Bertz CT molecular complexity index is 674. The number of pyridine rings is 1. The fourth-order valence-electron chi connectivity index (χ4n) is 1.78. The minimum absolute atomic E-state index is 0.0825. The first-order valence-electron chi connectivity index (χ1n) is 5.97.